The number of fused-ring (bicyclic) bond motifs is 1. The molecule has 0 aliphatic carbocycles. The van der Waals surface area contributed by atoms with Gasteiger partial charge in [-0.2, -0.15) is 5.10 Å². The lowest BCUT2D eigenvalue weighted by Gasteiger charge is -2.01. The monoisotopic (exact) mass is 253 g/mol. The van der Waals surface area contributed by atoms with E-state index in [1.165, 1.54) is 11.1 Å². The molecule has 4 nitrogen and oxygen atoms in total. The Bertz CT molecular complexity index is 718. The van der Waals surface area contributed by atoms with E-state index in [1.807, 2.05) is 30.5 Å². The summed E-state index contributed by atoms with van der Waals surface area (Å²) in [4.78, 5) is 4.52. The third-order valence-electron chi connectivity index (χ3n) is 3.19. The quantitative estimate of drug-likeness (QED) is 0.720. The van der Waals surface area contributed by atoms with Crippen LogP contribution in [0.5, 0.6) is 5.75 Å². The Kier molecular flexibility index (Phi) is 2.91. The molecule has 0 amide bonds. The topological polar surface area (TPSA) is 39.4 Å². The molecule has 1 aromatic carbocycles. The summed E-state index contributed by atoms with van der Waals surface area (Å²) in [6, 6.07) is 12.1. The second kappa shape index (κ2) is 4.72. The van der Waals surface area contributed by atoms with Crippen LogP contribution in [0.15, 0.2) is 42.6 Å². The average molecular weight is 253 g/mol. The lowest BCUT2D eigenvalue weighted by atomic mass is 10.1. The second-order valence-corrected chi connectivity index (χ2v) is 4.50. The molecule has 0 atom stereocenters. The normalized spacial score (nSPS) is 10.8. The predicted molar refractivity (Wildman–Crippen MR) is 73.5 cm³/mol. The number of nitrogens with zero attached hydrogens (tertiary/aromatic N) is 3. The van der Waals surface area contributed by atoms with E-state index in [9.17, 15) is 0 Å². The first-order valence-electron chi connectivity index (χ1n) is 6.20. The van der Waals surface area contributed by atoms with Crippen LogP contribution in [0.4, 0.5) is 0 Å². The molecule has 0 saturated heterocycles. The maximum atomic E-state index is 5.18. The van der Waals surface area contributed by atoms with E-state index in [1.54, 1.807) is 11.6 Å². The molecular formula is C15H15N3O. The number of hydrogen-bond acceptors (Lipinski definition) is 3. The van der Waals surface area contributed by atoms with E-state index in [4.69, 9.17) is 4.74 Å². The number of rotatable bonds is 3. The summed E-state index contributed by atoms with van der Waals surface area (Å²) in [5, 5.41) is 4.48. The molecule has 2 heterocycles. The predicted octanol–water partition coefficient (Wildman–Crippen LogP) is 2.64. The van der Waals surface area contributed by atoms with Gasteiger partial charge in [-0.05, 0) is 30.2 Å². The van der Waals surface area contributed by atoms with Crippen LogP contribution in [-0.4, -0.2) is 21.7 Å². The number of benzene rings is 1. The van der Waals surface area contributed by atoms with Crippen LogP contribution >= 0.6 is 0 Å². The Balaban J connectivity index is 1.95. The first kappa shape index (κ1) is 11.7. The van der Waals surface area contributed by atoms with Crippen LogP contribution in [-0.2, 0) is 6.42 Å². The molecule has 0 N–H and O–H groups in total. The van der Waals surface area contributed by atoms with Crippen molar-refractivity contribution in [2.24, 2.45) is 0 Å². The van der Waals surface area contributed by atoms with Crippen molar-refractivity contribution in [3.63, 3.8) is 0 Å². The summed E-state index contributed by atoms with van der Waals surface area (Å²) in [7, 11) is 1.65. The van der Waals surface area contributed by atoms with Crippen LogP contribution in [0, 0.1) is 6.92 Å². The summed E-state index contributed by atoms with van der Waals surface area (Å²) in [6.07, 6.45) is 2.58. The molecule has 4 heteroatoms. The van der Waals surface area contributed by atoms with Gasteiger partial charge < -0.3 is 4.74 Å². The fourth-order valence-corrected chi connectivity index (χ4v) is 2.08. The van der Waals surface area contributed by atoms with Crippen molar-refractivity contribution in [2.45, 2.75) is 13.3 Å². The molecule has 19 heavy (non-hydrogen) atoms. The van der Waals surface area contributed by atoms with Gasteiger partial charge in [0, 0.05) is 6.42 Å². The first-order valence-corrected chi connectivity index (χ1v) is 6.20. The number of methoxy groups -OCH3 is 1. The molecule has 0 saturated carbocycles. The van der Waals surface area contributed by atoms with Crippen LogP contribution in [0.2, 0.25) is 0 Å². The van der Waals surface area contributed by atoms with E-state index in [0.717, 1.165) is 23.6 Å². The zero-order valence-electron chi connectivity index (χ0n) is 11.0. The lowest BCUT2D eigenvalue weighted by molar-refractivity contribution is 0.411. The Morgan fingerprint density at radius 3 is 2.79 bits per heavy atom. The summed E-state index contributed by atoms with van der Waals surface area (Å²) in [5.41, 5.74) is 3.36. The van der Waals surface area contributed by atoms with Gasteiger partial charge in [0.25, 0.3) is 0 Å². The van der Waals surface area contributed by atoms with Crippen LogP contribution in [0.25, 0.3) is 5.65 Å². The summed E-state index contributed by atoms with van der Waals surface area (Å²) in [5.74, 6) is 1.60. The number of pyridine rings is 1. The van der Waals surface area contributed by atoms with Gasteiger partial charge in [-0.1, -0.05) is 24.3 Å². The SMILES string of the molecule is COc1ccc2nc(Cc3ccccc3C)nn2c1. The molecule has 0 fully saturated rings. The van der Waals surface area contributed by atoms with E-state index in [-0.39, 0.29) is 0 Å². The molecule has 0 radical (unpaired) electrons. The van der Waals surface area contributed by atoms with Crippen molar-refractivity contribution in [2.75, 3.05) is 7.11 Å². The minimum atomic E-state index is 0.747. The smallest absolute Gasteiger partial charge is 0.156 e. The highest BCUT2D eigenvalue weighted by molar-refractivity contribution is 5.41. The zero-order chi connectivity index (χ0) is 13.2. The molecule has 2 aromatic heterocycles. The average Bonchev–Trinajstić information content (AvgIpc) is 2.82. The molecular weight excluding hydrogens is 238 g/mol. The van der Waals surface area contributed by atoms with Crippen molar-refractivity contribution in [3.05, 3.63) is 59.5 Å². The van der Waals surface area contributed by atoms with Crippen LogP contribution in [0.1, 0.15) is 17.0 Å². The number of aryl methyl sites for hydroxylation is 1. The molecule has 96 valence electrons. The fourth-order valence-electron chi connectivity index (χ4n) is 2.08. The van der Waals surface area contributed by atoms with E-state index >= 15 is 0 Å². The first-order chi connectivity index (χ1) is 9.26. The van der Waals surface area contributed by atoms with Gasteiger partial charge in [0.2, 0.25) is 0 Å². The van der Waals surface area contributed by atoms with Gasteiger partial charge in [-0.3, -0.25) is 0 Å². The second-order valence-electron chi connectivity index (χ2n) is 4.50. The molecule has 3 rings (SSSR count). The van der Waals surface area contributed by atoms with Crippen LogP contribution < -0.4 is 4.74 Å². The van der Waals surface area contributed by atoms with Crippen molar-refractivity contribution >= 4 is 5.65 Å². The van der Waals surface area contributed by atoms with Gasteiger partial charge in [0.15, 0.2) is 11.5 Å². The Morgan fingerprint density at radius 2 is 2.00 bits per heavy atom. The Labute approximate surface area is 111 Å². The van der Waals surface area contributed by atoms with Crippen molar-refractivity contribution < 1.29 is 4.74 Å². The number of hydrogen-bond donors (Lipinski definition) is 0. The molecule has 0 unspecified atom stereocenters. The van der Waals surface area contributed by atoms with Gasteiger partial charge in [-0.15, -0.1) is 0 Å². The highest BCUT2D eigenvalue weighted by atomic mass is 16.5. The lowest BCUT2D eigenvalue weighted by Crippen LogP contribution is -1.94. The minimum Gasteiger partial charge on any atom is -0.495 e. The van der Waals surface area contributed by atoms with Gasteiger partial charge in [0.05, 0.1) is 13.3 Å². The maximum absolute atomic E-state index is 5.18. The molecule has 0 aliphatic heterocycles. The minimum absolute atomic E-state index is 0.747. The summed E-state index contributed by atoms with van der Waals surface area (Å²) < 4.78 is 6.94. The number of ether oxygens (including phenoxy) is 1. The van der Waals surface area contributed by atoms with E-state index in [0.29, 0.717) is 0 Å². The van der Waals surface area contributed by atoms with Crippen molar-refractivity contribution in [3.8, 4) is 5.75 Å². The third-order valence-corrected chi connectivity index (χ3v) is 3.19. The van der Waals surface area contributed by atoms with Gasteiger partial charge in [0.1, 0.15) is 5.75 Å². The maximum Gasteiger partial charge on any atom is 0.156 e. The van der Waals surface area contributed by atoms with E-state index < -0.39 is 0 Å². The highest BCUT2D eigenvalue weighted by Crippen LogP contribution is 2.14. The van der Waals surface area contributed by atoms with Crippen molar-refractivity contribution in [1.82, 2.24) is 14.6 Å². The summed E-state index contributed by atoms with van der Waals surface area (Å²) in [6.45, 7) is 2.11. The molecule has 0 bridgehead atoms. The number of aromatic nitrogens is 3. The molecule has 0 spiro atoms. The zero-order valence-corrected chi connectivity index (χ0v) is 11.0. The van der Waals surface area contributed by atoms with Gasteiger partial charge in [-0.25, -0.2) is 9.50 Å². The van der Waals surface area contributed by atoms with E-state index in [2.05, 4.69) is 29.1 Å². The highest BCUT2D eigenvalue weighted by Gasteiger charge is 2.06. The third kappa shape index (κ3) is 2.29. The van der Waals surface area contributed by atoms with Crippen molar-refractivity contribution in [1.29, 1.82) is 0 Å². The largest absolute Gasteiger partial charge is 0.495 e. The Morgan fingerprint density at radius 1 is 1.16 bits per heavy atom. The molecule has 3 aromatic rings. The fraction of sp³-hybridized carbons (Fsp3) is 0.200. The molecule has 0 aliphatic rings. The summed E-state index contributed by atoms with van der Waals surface area (Å²) >= 11 is 0. The standard InChI is InChI=1S/C15H15N3O/c1-11-5-3-4-6-12(11)9-14-16-15-8-7-13(19-2)10-18(15)17-14/h3-8,10H,9H2,1-2H3. The van der Waals surface area contributed by atoms with Crippen LogP contribution in [0.3, 0.4) is 0 Å². The van der Waals surface area contributed by atoms with Gasteiger partial charge >= 0.3 is 0 Å². The Hall–Kier alpha value is -2.36.